The Hall–Kier alpha value is -1.78. The highest BCUT2D eigenvalue weighted by atomic mass is 16.5. The monoisotopic (exact) mass is 249 g/mol. The highest BCUT2D eigenvalue weighted by Crippen LogP contribution is 2.25. The Morgan fingerprint density at radius 2 is 2.06 bits per heavy atom. The minimum Gasteiger partial charge on any atom is -0.476 e. The average molecular weight is 249 g/mol. The summed E-state index contributed by atoms with van der Waals surface area (Å²) in [5.41, 5.74) is 11.6. The van der Waals surface area contributed by atoms with E-state index in [2.05, 4.69) is 4.98 Å². The lowest BCUT2D eigenvalue weighted by molar-refractivity contribution is 0.0994. The third-order valence-corrected chi connectivity index (χ3v) is 3.32. The molecule has 0 spiro atoms. The van der Waals surface area contributed by atoms with Gasteiger partial charge in [0.2, 0.25) is 5.88 Å². The Morgan fingerprint density at radius 3 is 2.72 bits per heavy atom. The Bertz CT molecular complexity index is 428. The number of ether oxygens (including phenoxy) is 1. The number of rotatable bonds is 4. The van der Waals surface area contributed by atoms with E-state index < -0.39 is 5.91 Å². The van der Waals surface area contributed by atoms with Crippen molar-refractivity contribution >= 4 is 11.6 Å². The number of anilines is 1. The molecule has 1 amide bonds. The van der Waals surface area contributed by atoms with Crippen LogP contribution in [0.2, 0.25) is 0 Å². The molecule has 5 heteroatoms. The maximum Gasteiger partial charge on any atom is 0.267 e. The van der Waals surface area contributed by atoms with E-state index in [1.807, 2.05) is 0 Å². The number of nitrogen functional groups attached to an aromatic ring is 1. The lowest BCUT2D eigenvalue weighted by Crippen LogP contribution is -2.18. The summed E-state index contributed by atoms with van der Waals surface area (Å²) in [7, 11) is 0. The van der Waals surface area contributed by atoms with E-state index in [0.29, 0.717) is 24.1 Å². The zero-order chi connectivity index (χ0) is 13.0. The van der Waals surface area contributed by atoms with E-state index in [1.54, 1.807) is 6.07 Å². The number of carbonyl (C=O) groups excluding carboxylic acids is 1. The van der Waals surface area contributed by atoms with Crippen LogP contribution in [0.5, 0.6) is 5.88 Å². The van der Waals surface area contributed by atoms with Crippen molar-refractivity contribution in [2.24, 2.45) is 11.7 Å². The van der Waals surface area contributed by atoms with Crippen molar-refractivity contribution in [3.63, 3.8) is 0 Å². The molecule has 0 aromatic carbocycles. The minimum absolute atomic E-state index is 0.183. The fourth-order valence-corrected chi connectivity index (χ4v) is 2.25. The fourth-order valence-electron chi connectivity index (χ4n) is 2.25. The molecule has 4 N–H and O–H groups in total. The van der Waals surface area contributed by atoms with E-state index in [4.69, 9.17) is 16.2 Å². The van der Waals surface area contributed by atoms with Crippen LogP contribution in [0.1, 0.15) is 42.6 Å². The maximum absolute atomic E-state index is 11.0. The van der Waals surface area contributed by atoms with Crippen LogP contribution in [0.4, 0.5) is 5.69 Å². The van der Waals surface area contributed by atoms with Gasteiger partial charge in [0, 0.05) is 0 Å². The number of aromatic nitrogens is 1. The predicted octanol–water partition coefficient (Wildman–Crippen LogP) is 1.72. The van der Waals surface area contributed by atoms with Gasteiger partial charge in [-0.3, -0.25) is 4.79 Å². The van der Waals surface area contributed by atoms with Crippen LogP contribution in [-0.2, 0) is 0 Å². The molecule has 0 atom stereocenters. The predicted molar refractivity (Wildman–Crippen MR) is 69.2 cm³/mol. The third-order valence-electron chi connectivity index (χ3n) is 3.32. The summed E-state index contributed by atoms with van der Waals surface area (Å²) in [6, 6.07) is 3.11. The second-order valence-corrected chi connectivity index (χ2v) is 4.77. The summed E-state index contributed by atoms with van der Waals surface area (Å²) < 4.78 is 5.62. The van der Waals surface area contributed by atoms with Gasteiger partial charge in [0.1, 0.15) is 5.69 Å². The van der Waals surface area contributed by atoms with Gasteiger partial charge in [-0.1, -0.05) is 19.3 Å². The smallest absolute Gasteiger partial charge is 0.267 e. The van der Waals surface area contributed by atoms with Crippen LogP contribution < -0.4 is 16.2 Å². The molecule has 1 aromatic rings. The normalized spacial score (nSPS) is 16.4. The number of primary amides is 1. The molecule has 0 aliphatic heterocycles. The zero-order valence-corrected chi connectivity index (χ0v) is 10.4. The quantitative estimate of drug-likeness (QED) is 0.850. The second-order valence-electron chi connectivity index (χ2n) is 4.77. The van der Waals surface area contributed by atoms with Crippen molar-refractivity contribution in [1.82, 2.24) is 4.98 Å². The van der Waals surface area contributed by atoms with Crippen molar-refractivity contribution in [2.45, 2.75) is 32.1 Å². The standard InChI is InChI=1S/C13H19N3O2/c14-10-6-7-11(12(15)17)16-13(10)18-8-9-4-2-1-3-5-9/h6-7,9H,1-5,8,14H2,(H2,15,17). The molecule has 1 fully saturated rings. The Labute approximate surface area is 107 Å². The highest BCUT2D eigenvalue weighted by Gasteiger charge is 2.15. The van der Waals surface area contributed by atoms with Gasteiger partial charge in [0.15, 0.2) is 0 Å². The van der Waals surface area contributed by atoms with Crippen molar-refractivity contribution in [3.8, 4) is 5.88 Å². The number of hydrogen-bond donors (Lipinski definition) is 2. The summed E-state index contributed by atoms with van der Waals surface area (Å²) in [6.45, 7) is 0.611. The molecule has 18 heavy (non-hydrogen) atoms. The third kappa shape index (κ3) is 3.12. The van der Waals surface area contributed by atoms with E-state index in [-0.39, 0.29) is 5.69 Å². The van der Waals surface area contributed by atoms with E-state index in [1.165, 1.54) is 38.2 Å². The van der Waals surface area contributed by atoms with Gasteiger partial charge >= 0.3 is 0 Å². The summed E-state index contributed by atoms with van der Waals surface area (Å²) in [6.07, 6.45) is 6.22. The van der Waals surface area contributed by atoms with Gasteiger partial charge in [0.25, 0.3) is 5.91 Å². The molecular weight excluding hydrogens is 230 g/mol. The lowest BCUT2D eigenvalue weighted by Gasteiger charge is -2.21. The van der Waals surface area contributed by atoms with E-state index >= 15 is 0 Å². The van der Waals surface area contributed by atoms with Crippen molar-refractivity contribution in [2.75, 3.05) is 12.3 Å². The molecule has 1 aromatic heterocycles. The Kier molecular flexibility index (Phi) is 4.02. The minimum atomic E-state index is -0.572. The number of nitrogens with zero attached hydrogens (tertiary/aromatic N) is 1. The van der Waals surface area contributed by atoms with Gasteiger partial charge in [-0.2, -0.15) is 0 Å². The fraction of sp³-hybridized carbons (Fsp3) is 0.538. The Balaban J connectivity index is 1.99. The first kappa shape index (κ1) is 12.7. The largest absolute Gasteiger partial charge is 0.476 e. The van der Waals surface area contributed by atoms with Crippen LogP contribution in [-0.4, -0.2) is 17.5 Å². The molecular formula is C13H19N3O2. The molecule has 2 rings (SSSR count). The Morgan fingerprint density at radius 1 is 1.33 bits per heavy atom. The number of nitrogens with two attached hydrogens (primary N) is 2. The van der Waals surface area contributed by atoms with Gasteiger partial charge in [-0.05, 0) is 30.9 Å². The van der Waals surface area contributed by atoms with Gasteiger partial charge in [-0.15, -0.1) is 0 Å². The maximum atomic E-state index is 11.0. The van der Waals surface area contributed by atoms with Crippen LogP contribution in [0, 0.1) is 5.92 Å². The summed E-state index contributed by atoms with van der Waals surface area (Å²) >= 11 is 0. The van der Waals surface area contributed by atoms with Crippen molar-refractivity contribution in [3.05, 3.63) is 17.8 Å². The van der Waals surface area contributed by atoms with Gasteiger partial charge in [0.05, 0.1) is 12.3 Å². The van der Waals surface area contributed by atoms with Crippen LogP contribution in [0.15, 0.2) is 12.1 Å². The van der Waals surface area contributed by atoms with Gasteiger partial charge < -0.3 is 16.2 Å². The first-order chi connectivity index (χ1) is 8.66. The van der Waals surface area contributed by atoms with E-state index in [9.17, 15) is 4.79 Å². The number of amides is 1. The SMILES string of the molecule is NC(=O)c1ccc(N)c(OCC2CCCCC2)n1. The molecule has 1 aliphatic carbocycles. The van der Waals surface area contributed by atoms with Crippen LogP contribution in [0.3, 0.4) is 0 Å². The number of hydrogen-bond acceptors (Lipinski definition) is 4. The number of pyridine rings is 1. The van der Waals surface area contributed by atoms with Crippen molar-refractivity contribution < 1.29 is 9.53 Å². The number of carbonyl (C=O) groups is 1. The average Bonchev–Trinajstić information content (AvgIpc) is 2.38. The van der Waals surface area contributed by atoms with E-state index in [0.717, 1.165) is 0 Å². The molecule has 1 saturated carbocycles. The highest BCUT2D eigenvalue weighted by molar-refractivity contribution is 5.91. The van der Waals surface area contributed by atoms with Crippen molar-refractivity contribution in [1.29, 1.82) is 0 Å². The lowest BCUT2D eigenvalue weighted by atomic mass is 9.90. The summed E-state index contributed by atoms with van der Waals surface area (Å²) in [5.74, 6) is 0.312. The molecule has 0 saturated heterocycles. The van der Waals surface area contributed by atoms with Crippen LogP contribution >= 0.6 is 0 Å². The molecule has 98 valence electrons. The summed E-state index contributed by atoms with van der Waals surface area (Å²) in [4.78, 5) is 15.1. The first-order valence-corrected chi connectivity index (χ1v) is 6.36. The molecule has 1 aliphatic rings. The summed E-state index contributed by atoms with van der Waals surface area (Å²) in [5, 5.41) is 0. The molecule has 1 heterocycles. The first-order valence-electron chi connectivity index (χ1n) is 6.36. The second kappa shape index (κ2) is 5.71. The zero-order valence-electron chi connectivity index (χ0n) is 10.4. The molecule has 5 nitrogen and oxygen atoms in total. The molecule has 0 unspecified atom stereocenters. The van der Waals surface area contributed by atoms with Crippen LogP contribution in [0.25, 0.3) is 0 Å². The molecule has 0 bridgehead atoms. The van der Waals surface area contributed by atoms with Gasteiger partial charge in [-0.25, -0.2) is 4.98 Å². The molecule has 0 radical (unpaired) electrons. The topological polar surface area (TPSA) is 91.2 Å².